The van der Waals surface area contributed by atoms with E-state index in [1.54, 1.807) is 38.4 Å². The van der Waals surface area contributed by atoms with Crippen LogP contribution in [0.25, 0.3) is 0 Å². The maximum Gasteiger partial charge on any atom is 0.321 e. The van der Waals surface area contributed by atoms with E-state index >= 15 is 0 Å². The lowest BCUT2D eigenvalue weighted by Gasteiger charge is -2.14. The Morgan fingerprint density at radius 2 is 1.94 bits per heavy atom. The summed E-state index contributed by atoms with van der Waals surface area (Å²) >= 11 is 0. The van der Waals surface area contributed by atoms with Crippen LogP contribution in [0.3, 0.4) is 0 Å². The van der Waals surface area contributed by atoms with Gasteiger partial charge < -0.3 is 20.6 Å². The standard InChI is InChI=1S/C12H17N3O3/c1-15(2)12(18)14-10-6-4-3-5-9(10)11(17)13-7-8-16/h3-6,16H,7-8H2,1-2H3,(H,13,17)(H,14,18). The van der Waals surface area contributed by atoms with E-state index in [1.807, 2.05) is 0 Å². The maximum atomic E-state index is 11.8. The van der Waals surface area contributed by atoms with Crippen molar-refractivity contribution in [3.63, 3.8) is 0 Å². The minimum atomic E-state index is -0.335. The van der Waals surface area contributed by atoms with Gasteiger partial charge in [0.1, 0.15) is 0 Å². The smallest absolute Gasteiger partial charge is 0.321 e. The van der Waals surface area contributed by atoms with Crippen LogP contribution in [0.2, 0.25) is 0 Å². The average molecular weight is 251 g/mol. The number of amides is 3. The summed E-state index contributed by atoms with van der Waals surface area (Å²) in [4.78, 5) is 24.7. The van der Waals surface area contributed by atoms with Gasteiger partial charge in [0.25, 0.3) is 5.91 Å². The number of urea groups is 1. The molecule has 0 fully saturated rings. The summed E-state index contributed by atoms with van der Waals surface area (Å²) in [6, 6.07) is 6.39. The van der Waals surface area contributed by atoms with Gasteiger partial charge in [-0.1, -0.05) is 12.1 Å². The van der Waals surface area contributed by atoms with Crippen molar-refractivity contribution in [3.8, 4) is 0 Å². The fourth-order valence-corrected chi connectivity index (χ4v) is 1.28. The van der Waals surface area contributed by atoms with Gasteiger partial charge in [0.05, 0.1) is 17.9 Å². The third kappa shape index (κ3) is 3.74. The number of carbonyl (C=O) groups excluding carboxylic acids is 2. The van der Waals surface area contributed by atoms with E-state index in [1.165, 1.54) is 4.90 Å². The molecule has 0 atom stereocenters. The van der Waals surface area contributed by atoms with Gasteiger partial charge in [0.15, 0.2) is 0 Å². The Morgan fingerprint density at radius 1 is 1.28 bits per heavy atom. The number of aliphatic hydroxyl groups excluding tert-OH is 1. The topological polar surface area (TPSA) is 81.7 Å². The molecule has 0 aliphatic rings. The van der Waals surface area contributed by atoms with Crippen LogP contribution in [0.1, 0.15) is 10.4 Å². The van der Waals surface area contributed by atoms with E-state index in [-0.39, 0.29) is 25.1 Å². The Morgan fingerprint density at radius 3 is 2.56 bits per heavy atom. The van der Waals surface area contributed by atoms with Gasteiger partial charge in [-0.25, -0.2) is 4.79 Å². The van der Waals surface area contributed by atoms with E-state index in [0.29, 0.717) is 11.3 Å². The highest BCUT2D eigenvalue weighted by molar-refractivity contribution is 6.03. The summed E-state index contributed by atoms with van der Waals surface area (Å²) in [5.74, 6) is -0.335. The molecule has 0 saturated heterocycles. The number of para-hydroxylation sites is 1. The van der Waals surface area contributed by atoms with E-state index in [4.69, 9.17) is 5.11 Å². The molecule has 0 heterocycles. The first-order chi connectivity index (χ1) is 8.56. The molecule has 6 nitrogen and oxygen atoms in total. The first kappa shape index (κ1) is 14.0. The third-order valence-electron chi connectivity index (χ3n) is 2.22. The quantitative estimate of drug-likeness (QED) is 0.729. The number of anilines is 1. The van der Waals surface area contributed by atoms with E-state index in [2.05, 4.69) is 10.6 Å². The van der Waals surface area contributed by atoms with Gasteiger partial charge in [0.2, 0.25) is 0 Å². The molecule has 0 unspecified atom stereocenters. The summed E-state index contributed by atoms with van der Waals surface area (Å²) in [6.45, 7) is 0.0484. The van der Waals surface area contributed by atoms with Crippen molar-refractivity contribution >= 4 is 17.6 Å². The molecule has 98 valence electrons. The van der Waals surface area contributed by atoms with E-state index in [0.717, 1.165) is 0 Å². The fraction of sp³-hybridized carbons (Fsp3) is 0.333. The Bertz CT molecular complexity index is 432. The highest BCUT2D eigenvalue weighted by Gasteiger charge is 2.12. The zero-order valence-electron chi connectivity index (χ0n) is 10.4. The Hall–Kier alpha value is -2.08. The highest BCUT2D eigenvalue weighted by Crippen LogP contribution is 2.15. The van der Waals surface area contributed by atoms with E-state index < -0.39 is 0 Å². The van der Waals surface area contributed by atoms with Crippen molar-refractivity contribution in [2.45, 2.75) is 0 Å². The zero-order valence-corrected chi connectivity index (χ0v) is 10.4. The molecule has 0 aromatic heterocycles. The van der Waals surface area contributed by atoms with Gasteiger partial charge in [-0.05, 0) is 12.1 Å². The lowest BCUT2D eigenvalue weighted by Crippen LogP contribution is -2.30. The molecule has 3 N–H and O–H groups in total. The minimum Gasteiger partial charge on any atom is -0.395 e. The maximum absolute atomic E-state index is 11.8. The van der Waals surface area contributed by atoms with Crippen LogP contribution >= 0.6 is 0 Å². The van der Waals surface area contributed by atoms with Crippen LogP contribution in [0, 0.1) is 0 Å². The SMILES string of the molecule is CN(C)C(=O)Nc1ccccc1C(=O)NCCO. The predicted molar refractivity (Wildman–Crippen MR) is 68.6 cm³/mol. The van der Waals surface area contributed by atoms with Crippen molar-refractivity contribution in [1.82, 2.24) is 10.2 Å². The zero-order chi connectivity index (χ0) is 13.5. The number of nitrogens with zero attached hydrogens (tertiary/aromatic N) is 1. The molecule has 1 aromatic rings. The number of carbonyl (C=O) groups is 2. The first-order valence-corrected chi connectivity index (χ1v) is 5.52. The van der Waals surface area contributed by atoms with Gasteiger partial charge in [-0.2, -0.15) is 0 Å². The van der Waals surface area contributed by atoms with Gasteiger partial charge in [-0.3, -0.25) is 4.79 Å². The summed E-state index contributed by atoms with van der Waals surface area (Å²) in [5.41, 5.74) is 0.799. The second-order valence-electron chi connectivity index (χ2n) is 3.85. The number of hydrogen-bond acceptors (Lipinski definition) is 3. The number of aliphatic hydroxyl groups is 1. The third-order valence-corrected chi connectivity index (χ3v) is 2.22. The van der Waals surface area contributed by atoms with Crippen LogP contribution in [0.15, 0.2) is 24.3 Å². The lowest BCUT2D eigenvalue weighted by atomic mass is 10.1. The second-order valence-corrected chi connectivity index (χ2v) is 3.85. The van der Waals surface area contributed by atoms with Crippen LogP contribution in [-0.4, -0.2) is 49.2 Å². The summed E-state index contributed by atoms with van der Waals surface area (Å²) in [6.07, 6.45) is 0. The Kier molecular flexibility index (Phi) is 5.13. The molecule has 0 aliphatic heterocycles. The molecule has 6 heteroatoms. The van der Waals surface area contributed by atoms with Crippen molar-refractivity contribution in [1.29, 1.82) is 0 Å². The number of hydrogen-bond donors (Lipinski definition) is 3. The largest absolute Gasteiger partial charge is 0.395 e. The second kappa shape index (κ2) is 6.61. The van der Waals surface area contributed by atoms with Crippen LogP contribution in [0.4, 0.5) is 10.5 Å². The molecule has 0 saturated carbocycles. The fourth-order valence-electron chi connectivity index (χ4n) is 1.28. The van der Waals surface area contributed by atoms with Crippen molar-refractivity contribution in [2.75, 3.05) is 32.6 Å². The molecular formula is C12H17N3O3. The molecule has 1 aromatic carbocycles. The minimum absolute atomic E-state index is 0.127. The number of benzene rings is 1. The molecular weight excluding hydrogens is 234 g/mol. The Balaban J connectivity index is 2.85. The van der Waals surface area contributed by atoms with Crippen LogP contribution < -0.4 is 10.6 Å². The van der Waals surface area contributed by atoms with E-state index in [9.17, 15) is 9.59 Å². The van der Waals surface area contributed by atoms with Crippen LogP contribution in [-0.2, 0) is 0 Å². The summed E-state index contributed by atoms with van der Waals surface area (Å²) in [5, 5.41) is 13.8. The molecule has 0 bridgehead atoms. The summed E-state index contributed by atoms with van der Waals surface area (Å²) in [7, 11) is 3.23. The van der Waals surface area contributed by atoms with Gasteiger partial charge in [0, 0.05) is 20.6 Å². The number of nitrogens with one attached hydrogen (secondary N) is 2. The molecule has 1 rings (SSSR count). The van der Waals surface area contributed by atoms with Crippen molar-refractivity contribution in [2.24, 2.45) is 0 Å². The molecule has 0 spiro atoms. The van der Waals surface area contributed by atoms with Crippen molar-refractivity contribution < 1.29 is 14.7 Å². The normalized spacial score (nSPS) is 9.72. The first-order valence-electron chi connectivity index (χ1n) is 5.52. The molecule has 0 aliphatic carbocycles. The van der Waals surface area contributed by atoms with Crippen molar-refractivity contribution in [3.05, 3.63) is 29.8 Å². The van der Waals surface area contributed by atoms with Gasteiger partial charge in [-0.15, -0.1) is 0 Å². The van der Waals surface area contributed by atoms with Crippen LogP contribution in [0.5, 0.6) is 0 Å². The predicted octanol–water partition coefficient (Wildman–Crippen LogP) is 0.502. The Labute approximate surface area is 106 Å². The number of rotatable bonds is 4. The monoisotopic (exact) mass is 251 g/mol. The lowest BCUT2D eigenvalue weighted by molar-refractivity contribution is 0.0945. The summed E-state index contributed by atoms with van der Waals surface area (Å²) < 4.78 is 0. The van der Waals surface area contributed by atoms with Gasteiger partial charge >= 0.3 is 6.03 Å². The molecule has 3 amide bonds. The molecule has 18 heavy (non-hydrogen) atoms. The highest BCUT2D eigenvalue weighted by atomic mass is 16.3. The average Bonchev–Trinajstić information content (AvgIpc) is 2.36. The molecule has 0 radical (unpaired) electrons.